The van der Waals surface area contributed by atoms with E-state index in [0.717, 1.165) is 0 Å². The summed E-state index contributed by atoms with van der Waals surface area (Å²) in [6, 6.07) is 9.48. The largest absolute Gasteiger partial charge is 0.497 e. The van der Waals surface area contributed by atoms with Crippen molar-refractivity contribution < 1.29 is 23.1 Å². The zero-order valence-electron chi connectivity index (χ0n) is 11.7. The SMILES string of the molecule is COc1ccc2c(COC(=O)c3ccco3)cc(=O)oc2c1. The second kappa shape index (κ2) is 5.77. The van der Waals surface area contributed by atoms with E-state index in [-0.39, 0.29) is 12.4 Å². The van der Waals surface area contributed by atoms with Crippen molar-refractivity contribution >= 4 is 16.9 Å². The van der Waals surface area contributed by atoms with Gasteiger partial charge in [0.25, 0.3) is 0 Å². The van der Waals surface area contributed by atoms with E-state index in [1.165, 1.54) is 25.5 Å². The van der Waals surface area contributed by atoms with Crippen molar-refractivity contribution in [3.05, 3.63) is 64.4 Å². The Hall–Kier alpha value is -3.02. The molecule has 1 aromatic carbocycles. The second-order valence-electron chi connectivity index (χ2n) is 4.51. The number of ether oxygens (including phenoxy) is 2. The third kappa shape index (κ3) is 2.71. The van der Waals surface area contributed by atoms with Crippen molar-refractivity contribution in [3.63, 3.8) is 0 Å². The van der Waals surface area contributed by atoms with Gasteiger partial charge in [-0.2, -0.15) is 0 Å². The summed E-state index contributed by atoms with van der Waals surface area (Å²) in [5.41, 5.74) is 0.398. The van der Waals surface area contributed by atoms with E-state index < -0.39 is 11.6 Å². The quantitative estimate of drug-likeness (QED) is 0.544. The summed E-state index contributed by atoms with van der Waals surface area (Å²) in [7, 11) is 1.52. The molecule has 0 bridgehead atoms. The van der Waals surface area contributed by atoms with Crippen LogP contribution in [0.15, 0.2) is 56.3 Å². The molecule has 112 valence electrons. The summed E-state index contributed by atoms with van der Waals surface area (Å²) in [6.45, 7) is -0.0615. The first-order valence-corrected chi connectivity index (χ1v) is 6.49. The standard InChI is InChI=1S/C16H12O6/c1-19-11-4-5-12-10(7-15(17)22-14(12)8-11)9-21-16(18)13-3-2-6-20-13/h2-8H,9H2,1H3. The monoisotopic (exact) mass is 300 g/mol. The van der Waals surface area contributed by atoms with Crippen molar-refractivity contribution in [2.75, 3.05) is 7.11 Å². The van der Waals surface area contributed by atoms with E-state index in [2.05, 4.69) is 0 Å². The maximum atomic E-state index is 11.8. The number of furan rings is 1. The normalized spacial score (nSPS) is 10.6. The van der Waals surface area contributed by atoms with Gasteiger partial charge in [0.05, 0.1) is 13.4 Å². The van der Waals surface area contributed by atoms with E-state index in [4.69, 9.17) is 18.3 Å². The predicted molar refractivity (Wildman–Crippen MR) is 76.9 cm³/mol. The maximum absolute atomic E-state index is 11.8. The molecule has 0 fully saturated rings. The van der Waals surface area contributed by atoms with Crippen LogP contribution in [0.5, 0.6) is 5.75 Å². The van der Waals surface area contributed by atoms with Crippen LogP contribution in [0.1, 0.15) is 16.1 Å². The number of methoxy groups -OCH3 is 1. The Balaban J connectivity index is 1.90. The molecule has 2 heterocycles. The van der Waals surface area contributed by atoms with Crippen molar-refractivity contribution in [1.29, 1.82) is 0 Å². The maximum Gasteiger partial charge on any atom is 0.374 e. The lowest BCUT2D eigenvalue weighted by atomic mass is 10.1. The highest BCUT2D eigenvalue weighted by Crippen LogP contribution is 2.23. The van der Waals surface area contributed by atoms with Gasteiger partial charge in [0, 0.05) is 23.1 Å². The molecule has 0 aliphatic heterocycles. The van der Waals surface area contributed by atoms with Crippen LogP contribution in [0.2, 0.25) is 0 Å². The molecular weight excluding hydrogens is 288 g/mol. The molecule has 3 rings (SSSR count). The highest BCUT2D eigenvalue weighted by Gasteiger charge is 2.13. The molecule has 0 saturated carbocycles. The van der Waals surface area contributed by atoms with E-state index >= 15 is 0 Å². The molecule has 0 amide bonds. The Labute approximate surface area is 124 Å². The van der Waals surface area contributed by atoms with Gasteiger partial charge in [0.2, 0.25) is 5.76 Å². The third-order valence-corrected chi connectivity index (χ3v) is 3.12. The molecule has 0 aliphatic rings. The number of benzene rings is 1. The van der Waals surface area contributed by atoms with Gasteiger partial charge in [0.15, 0.2) is 0 Å². The molecule has 6 heteroatoms. The van der Waals surface area contributed by atoms with E-state index in [1.54, 1.807) is 24.3 Å². The first-order chi connectivity index (χ1) is 10.7. The molecule has 0 N–H and O–H groups in total. The highest BCUT2D eigenvalue weighted by atomic mass is 16.5. The minimum atomic E-state index is -0.597. The van der Waals surface area contributed by atoms with Crippen LogP contribution in [-0.4, -0.2) is 13.1 Å². The molecule has 0 aliphatic carbocycles. The molecular formula is C16H12O6. The number of carbonyl (C=O) groups is 1. The predicted octanol–water partition coefficient (Wildman–Crippen LogP) is 2.75. The summed E-state index contributed by atoms with van der Waals surface area (Å²) in [5, 5.41) is 0.674. The van der Waals surface area contributed by atoms with Gasteiger partial charge in [-0.1, -0.05) is 0 Å². The lowest BCUT2D eigenvalue weighted by Gasteiger charge is -2.07. The fourth-order valence-corrected chi connectivity index (χ4v) is 2.07. The van der Waals surface area contributed by atoms with Gasteiger partial charge >= 0.3 is 11.6 Å². The van der Waals surface area contributed by atoms with E-state index in [1.807, 2.05) is 0 Å². The Bertz CT molecular complexity index is 860. The van der Waals surface area contributed by atoms with Gasteiger partial charge in [-0.05, 0) is 24.3 Å². The van der Waals surface area contributed by atoms with Gasteiger partial charge < -0.3 is 18.3 Å². The zero-order valence-corrected chi connectivity index (χ0v) is 11.7. The van der Waals surface area contributed by atoms with Crippen LogP contribution in [0.3, 0.4) is 0 Å². The minimum Gasteiger partial charge on any atom is -0.497 e. The molecule has 0 unspecified atom stereocenters. The van der Waals surface area contributed by atoms with Crippen molar-refractivity contribution in [2.24, 2.45) is 0 Å². The fourth-order valence-electron chi connectivity index (χ4n) is 2.07. The molecule has 22 heavy (non-hydrogen) atoms. The summed E-state index contributed by atoms with van der Waals surface area (Å²) >= 11 is 0. The van der Waals surface area contributed by atoms with Gasteiger partial charge in [-0.25, -0.2) is 9.59 Å². The lowest BCUT2D eigenvalue weighted by molar-refractivity contribution is 0.0437. The van der Waals surface area contributed by atoms with Crippen LogP contribution in [0.4, 0.5) is 0 Å². The summed E-state index contributed by atoms with van der Waals surface area (Å²) < 4.78 is 20.3. The molecule has 0 radical (unpaired) electrons. The number of esters is 1. The number of rotatable bonds is 4. The summed E-state index contributed by atoms with van der Waals surface area (Å²) in [6.07, 6.45) is 1.38. The molecule has 0 spiro atoms. The Morgan fingerprint density at radius 2 is 2.09 bits per heavy atom. The Morgan fingerprint density at radius 3 is 2.82 bits per heavy atom. The molecule has 2 aromatic heterocycles. The average molecular weight is 300 g/mol. The van der Waals surface area contributed by atoms with Crippen molar-refractivity contribution in [2.45, 2.75) is 6.61 Å². The Kier molecular flexibility index (Phi) is 3.65. The summed E-state index contributed by atoms with van der Waals surface area (Å²) in [4.78, 5) is 23.4. The van der Waals surface area contributed by atoms with Crippen LogP contribution < -0.4 is 10.4 Å². The molecule has 6 nitrogen and oxygen atoms in total. The topological polar surface area (TPSA) is 78.9 Å². The average Bonchev–Trinajstić information content (AvgIpc) is 3.05. The van der Waals surface area contributed by atoms with Crippen LogP contribution in [0, 0.1) is 0 Å². The number of hydrogen-bond donors (Lipinski definition) is 0. The number of hydrogen-bond acceptors (Lipinski definition) is 6. The molecule has 0 saturated heterocycles. The van der Waals surface area contributed by atoms with Gasteiger partial charge in [-0.15, -0.1) is 0 Å². The summed E-state index contributed by atoms with van der Waals surface area (Å²) in [5.74, 6) is 0.0780. The number of fused-ring (bicyclic) bond motifs is 1. The van der Waals surface area contributed by atoms with Crippen LogP contribution >= 0.6 is 0 Å². The first-order valence-electron chi connectivity index (χ1n) is 6.49. The van der Waals surface area contributed by atoms with Gasteiger partial charge in [-0.3, -0.25) is 0 Å². The third-order valence-electron chi connectivity index (χ3n) is 3.12. The molecule has 3 aromatic rings. The smallest absolute Gasteiger partial charge is 0.374 e. The highest BCUT2D eigenvalue weighted by molar-refractivity contribution is 5.86. The Morgan fingerprint density at radius 1 is 1.23 bits per heavy atom. The second-order valence-corrected chi connectivity index (χ2v) is 4.51. The van der Waals surface area contributed by atoms with E-state index in [0.29, 0.717) is 22.3 Å². The zero-order chi connectivity index (χ0) is 15.5. The first kappa shape index (κ1) is 13.9. The molecule has 0 atom stereocenters. The van der Waals surface area contributed by atoms with Crippen LogP contribution in [0.25, 0.3) is 11.0 Å². The van der Waals surface area contributed by atoms with Crippen molar-refractivity contribution in [3.8, 4) is 5.75 Å². The lowest BCUT2D eigenvalue weighted by Crippen LogP contribution is -2.07. The van der Waals surface area contributed by atoms with E-state index in [9.17, 15) is 9.59 Å². The van der Waals surface area contributed by atoms with Crippen molar-refractivity contribution in [1.82, 2.24) is 0 Å². The van der Waals surface area contributed by atoms with Gasteiger partial charge in [0.1, 0.15) is 17.9 Å². The number of carbonyl (C=O) groups excluding carboxylic acids is 1. The van der Waals surface area contributed by atoms with Crippen LogP contribution in [-0.2, 0) is 11.3 Å². The minimum absolute atomic E-state index is 0.0615. The fraction of sp³-hybridized carbons (Fsp3) is 0.125.